The van der Waals surface area contributed by atoms with Crippen LogP contribution in [0, 0.1) is 19.3 Å². The summed E-state index contributed by atoms with van der Waals surface area (Å²) in [4.78, 5) is 0. The minimum atomic E-state index is 0.143. The molecule has 0 aliphatic heterocycles. The molecule has 1 aromatic carbocycles. The molecule has 1 aromatic rings. The molecule has 2 N–H and O–H groups in total. The Kier molecular flexibility index (Phi) is 3.73. The highest BCUT2D eigenvalue weighted by atomic mass is 16.5. The molecule has 0 radical (unpaired) electrons. The third-order valence-corrected chi connectivity index (χ3v) is 3.86. The molecule has 0 amide bonds. The third-order valence-electron chi connectivity index (χ3n) is 3.86. The van der Waals surface area contributed by atoms with Crippen LogP contribution in [-0.2, 0) is 0 Å². The summed E-state index contributed by atoms with van der Waals surface area (Å²) in [6.45, 7) is 8.83. The van der Waals surface area contributed by atoms with Gasteiger partial charge in [-0.1, -0.05) is 26.0 Å². The van der Waals surface area contributed by atoms with Crippen molar-refractivity contribution in [3.8, 4) is 5.75 Å². The minimum absolute atomic E-state index is 0.143. The lowest BCUT2D eigenvalue weighted by atomic mass is 9.73. The van der Waals surface area contributed by atoms with Crippen molar-refractivity contribution < 1.29 is 4.74 Å². The molecule has 1 unspecified atom stereocenters. The Labute approximate surface area is 116 Å². The van der Waals surface area contributed by atoms with Gasteiger partial charge in [0.15, 0.2) is 0 Å². The zero-order chi connectivity index (χ0) is 14.2. The molecule has 2 heteroatoms. The van der Waals surface area contributed by atoms with E-state index in [1.54, 1.807) is 7.11 Å². The minimum Gasteiger partial charge on any atom is -0.496 e. The Morgan fingerprint density at radius 3 is 2.53 bits per heavy atom. The molecule has 0 heterocycles. The summed E-state index contributed by atoms with van der Waals surface area (Å²) in [7, 11) is 1.74. The molecule has 0 saturated carbocycles. The maximum Gasteiger partial charge on any atom is 0.126 e. The van der Waals surface area contributed by atoms with Crippen LogP contribution in [0.2, 0.25) is 0 Å². The topological polar surface area (TPSA) is 35.2 Å². The average molecular weight is 259 g/mol. The van der Waals surface area contributed by atoms with E-state index in [1.807, 2.05) is 0 Å². The number of rotatable bonds is 2. The van der Waals surface area contributed by atoms with Gasteiger partial charge < -0.3 is 10.5 Å². The average Bonchev–Trinajstić information content (AvgIpc) is 2.24. The first-order chi connectivity index (χ1) is 8.82. The van der Waals surface area contributed by atoms with E-state index in [-0.39, 0.29) is 11.5 Å². The number of allylic oxidation sites excluding steroid dienone is 1. The van der Waals surface area contributed by atoms with E-state index in [4.69, 9.17) is 10.5 Å². The first-order valence-electron chi connectivity index (χ1n) is 6.94. The van der Waals surface area contributed by atoms with Crippen LogP contribution in [0.1, 0.15) is 43.4 Å². The second-order valence-corrected chi connectivity index (χ2v) is 6.56. The predicted molar refractivity (Wildman–Crippen MR) is 81.4 cm³/mol. The van der Waals surface area contributed by atoms with Crippen molar-refractivity contribution in [1.82, 2.24) is 0 Å². The lowest BCUT2D eigenvalue weighted by Gasteiger charge is -2.34. The van der Waals surface area contributed by atoms with Gasteiger partial charge in [0.1, 0.15) is 5.75 Å². The fourth-order valence-electron chi connectivity index (χ4n) is 3.27. The van der Waals surface area contributed by atoms with Gasteiger partial charge in [-0.05, 0) is 54.9 Å². The summed E-state index contributed by atoms with van der Waals surface area (Å²) in [5.74, 6) is 0.966. The van der Waals surface area contributed by atoms with Gasteiger partial charge in [0.25, 0.3) is 0 Å². The van der Waals surface area contributed by atoms with Crippen LogP contribution >= 0.6 is 0 Å². The normalized spacial score (nSPS) is 22.0. The van der Waals surface area contributed by atoms with E-state index in [0.717, 1.165) is 18.6 Å². The third kappa shape index (κ3) is 3.01. The fourth-order valence-corrected chi connectivity index (χ4v) is 3.27. The molecular formula is C17H25NO. The summed E-state index contributed by atoms with van der Waals surface area (Å²) in [5.41, 5.74) is 11.5. The molecule has 104 valence electrons. The van der Waals surface area contributed by atoms with Crippen molar-refractivity contribution in [3.05, 3.63) is 34.9 Å². The number of hydrogen-bond acceptors (Lipinski definition) is 2. The molecule has 2 nitrogen and oxygen atoms in total. The standard InChI is InChI=1S/C17H25NO/c1-11-6-12(2)16(15(7-11)19-5)13-8-14(18)10-17(3,4)9-13/h6-8,14H,9-10,18H2,1-5H3. The first-order valence-corrected chi connectivity index (χ1v) is 6.94. The van der Waals surface area contributed by atoms with Crippen LogP contribution in [0.4, 0.5) is 0 Å². The second kappa shape index (κ2) is 5.01. The highest BCUT2D eigenvalue weighted by molar-refractivity contribution is 5.75. The van der Waals surface area contributed by atoms with E-state index < -0.39 is 0 Å². The Bertz CT molecular complexity index is 514. The smallest absolute Gasteiger partial charge is 0.126 e. The van der Waals surface area contributed by atoms with Crippen molar-refractivity contribution in [3.63, 3.8) is 0 Å². The van der Waals surface area contributed by atoms with Crippen molar-refractivity contribution in [2.75, 3.05) is 7.11 Å². The van der Waals surface area contributed by atoms with Gasteiger partial charge in [0.2, 0.25) is 0 Å². The predicted octanol–water partition coefficient (Wildman–Crippen LogP) is 3.84. The number of ether oxygens (including phenoxy) is 1. The Balaban J connectivity index is 2.53. The van der Waals surface area contributed by atoms with Gasteiger partial charge in [-0.2, -0.15) is 0 Å². The van der Waals surface area contributed by atoms with Gasteiger partial charge in [-0.15, -0.1) is 0 Å². The SMILES string of the molecule is COc1cc(C)cc(C)c1C1=CC(N)CC(C)(C)C1. The van der Waals surface area contributed by atoms with Crippen LogP contribution in [0.3, 0.4) is 0 Å². The van der Waals surface area contributed by atoms with Gasteiger partial charge in [-0.3, -0.25) is 0 Å². The van der Waals surface area contributed by atoms with Crippen LogP contribution < -0.4 is 10.5 Å². The Hall–Kier alpha value is -1.28. The van der Waals surface area contributed by atoms with E-state index in [1.165, 1.54) is 22.3 Å². The molecule has 1 aliphatic rings. The molecular weight excluding hydrogens is 234 g/mol. The number of nitrogens with two attached hydrogens (primary N) is 1. The zero-order valence-electron chi connectivity index (χ0n) is 12.7. The lowest BCUT2D eigenvalue weighted by molar-refractivity contribution is 0.318. The van der Waals surface area contributed by atoms with Crippen molar-refractivity contribution >= 4 is 5.57 Å². The second-order valence-electron chi connectivity index (χ2n) is 6.56. The number of methoxy groups -OCH3 is 1. The maximum atomic E-state index is 6.19. The molecule has 1 aliphatic carbocycles. The summed E-state index contributed by atoms with van der Waals surface area (Å²) in [6, 6.07) is 4.46. The summed E-state index contributed by atoms with van der Waals surface area (Å²) >= 11 is 0. The molecule has 2 rings (SSSR count). The highest BCUT2D eigenvalue weighted by Gasteiger charge is 2.29. The quantitative estimate of drug-likeness (QED) is 0.875. The molecule has 0 bridgehead atoms. The summed E-state index contributed by atoms with van der Waals surface area (Å²) < 4.78 is 5.58. The Morgan fingerprint density at radius 2 is 1.95 bits per heavy atom. The van der Waals surface area contributed by atoms with Gasteiger partial charge in [0.05, 0.1) is 7.11 Å². The van der Waals surface area contributed by atoms with E-state index in [2.05, 4.69) is 45.9 Å². The van der Waals surface area contributed by atoms with Crippen molar-refractivity contribution in [2.45, 2.75) is 46.6 Å². The van der Waals surface area contributed by atoms with Crippen LogP contribution in [0.15, 0.2) is 18.2 Å². The lowest BCUT2D eigenvalue weighted by Crippen LogP contribution is -2.30. The first kappa shape index (κ1) is 14.1. The van der Waals surface area contributed by atoms with Crippen molar-refractivity contribution in [1.29, 1.82) is 0 Å². The molecule has 1 atom stereocenters. The molecule has 0 saturated heterocycles. The fraction of sp³-hybridized carbons (Fsp3) is 0.529. The van der Waals surface area contributed by atoms with Crippen molar-refractivity contribution in [2.24, 2.45) is 11.1 Å². The van der Waals surface area contributed by atoms with Crippen LogP contribution in [0.25, 0.3) is 5.57 Å². The van der Waals surface area contributed by atoms with E-state index in [0.29, 0.717) is 0 Å². The van der Waals surface area contributed by atoms with Crippen LogP contribution in [0.5, 0.6) is 5.75 Å². The molecule has 0 spiro atoms. The van der Waals surface area contributed by atoms with Gasteiger partial charge >= 0.3 is 0 Å². The summed E-state index contributed by atoms with van der Waals surface area (Å²) in [6.07, 6.45) is 4.32. The summed E-state index contributed by atoms with van der Waals surface area (Å²) in [5, 5.41) is 0. The maximum absolute atomic E-state index is 6.19. The van der Waals surface area contributed by atoms with E-state index >= 15 is 0 Å². The monoisotopic (exact) mass is 259 g/mol. The number of benzene rings is 1. The van der Waals surface area contributed by atoms with Gasteiger partial charge in [0, 0.05) is 11.6 Å². The van der Waals surface area contributed by atoms with E-state index in [9.17, 15) is 0 Å². The zero-order valence-corrected chi connectivity index (χ0v) is 12.7. The number of aryl methyl sites for hydroxylation is 2. The largest absolute Gasteiger partial charge is 0.496 e. The number of hydrogen-bond donors (Lipinski definition) is 1. The highest BCUT2D eigenvalue weighted by Crippen LogP contribution is 2.42. The molecule has 0 aromatic heterocycles. The molecule has 19 heavy (non-hydrogen) atoms. The van der Waals surface area contributed by atoms with Gasteiger partial charge in [-0.25, -0.2) is 0 Å². The Morgan fingerprint density at radius 1 is 1.26 bits per heavy atom. The molecule has 0 fully saturated rings. The van der Waals surface area contributed by atoms with Crippen LogP contribution in [-0.4, -0.2) is 13.2 Å².